The Kier molecular flexibility index (Phi) is 7.20. The molecule has 1 aliphatic carbocycles. The van der Waals surface area contributed by atoms with E-state index in [0.29, 0.717) is 0 Å². The van der Waals surface area contributed by atoms with Crippen LogP contribution in [0.3, 0.4) is 0 Å². The lowest BCUT2D eigenvalue weighted by molar-refractivity contribution is 0.435. The third kappa shape index (κ3) is 4.79. The molecule has 0 atom stereocenters. The molecule has 12 aromatic rings. The van der Waals surface area contributed by atoms with Crippen molar-refractivity contribution in [1.29, 1.82) is 0 Å². The molecule has 14 rings (SSSR count). The van der Waals surface area contributed by atoms with Crippen molar-refractivity contribution in [2.24, 2.45) is 0 Å². The number of ether oxygens (including phenoxy) is 1. The first-order chi connectivity index (χ1) is 31.2. The third-order valence-corrected chi connectivity index (χ3v) is 14.8. The van der Waals surface area contributed by atoms with Gasteiger partial charge in [-0.2, -0.15) is 0 Å². The predicted molar refractivity (Wildman–Crippen MR) is 263 cm³/mol. The van der Waals surface area contributed by atoms with Crippen molar-refractivity contribution >= 4 is 81.1 Å². The van der Waals surface area contributed by atoms with Crippen LogP contribution < -0.4 is 9.64 Å². The number of aromatic nitrogens is 1. The molecule has 3 heterocycles. The van der Waals surface area contributed by atoms with E-state index in [4.69, 9.17) is 4.74 Å². The molecular formula is C59H36N2OS. The highest BCUT2D eigenvalue weighted by molar-refractivity contribution is 7.25. The zero-order valence-corrected chi connectivity index (χ0v) is 34.8. The summed E-state index contributed by atoms with van der Waals surface area (Å²) in [6, 6.07) is 80.4. The highest BCUT2D eigenvalue weighted by atomic mass is 32.1. The maximum absolute atomic E-state index is 6.79. The van der Waals surface area contributed by atoms with Crippen LogP contribution in [0.2, 0.25) is 0 Å². The van der Waals surface area contributed by atoms with Gasteiger partial charge < -0.3 is 14.2 Å². The number of fused-ring (bicyclic) bond motifs is 14. The minimum atomic E-state index is -0.656. The zero-order chi connectivity index (χ0) is 41.2. The van der Waals surface area contributed by atoms with Gasteiger partial charge in [-0.3, -0.25) is 0 Å². The summed E-state index contributed by atoms with van der Waals surface area (Å²) in [5.74, 6) is 1.77. The quantitative estimate of drug-likeness (QED) is 0.176. The molecule has 294 valence electrons. The van der Waals surface area contributed by atoms with Gasteiger partial charge in [0.2, 0.25) is 0 Å². The van der Waals surface area contributed by atoms with Gasteiger partial charge in [0.05, 0.1) is 16.4 Å². The van der Waals surface area contributed by atoms with Crippen molar-refractivity contribution in [3.05, 3.63) is 241 Å². The fourth-order valence-electron chi connectivity index (χ4n) is 11.1. The molecule has 10 aromatic carbocycles. The summed E-state index contributed by atoms with van der Waals surface area (Å²) in [4.78, 5) is 2.48. The Bertz CT molecular complexity index is 3810. The second kappa shape index (κ2) is 13.0. The number of rotatable bonds is 4. The molecule has 1 aliphatic heterocycles. The fourth-order valence-corrected chi connectivity index (χ4v) is 12.2. The summed E-state index contributed by atoms with van der Waals surface area (Å²) in [5.41, 5.74) is 13.4. The number of hydrogen-bond donors (Lipinski definition) is 0. The summed E-state index contributed by atoms with van der Waals surface area (Å²) in [7, 11) is 0. The van der Waals surface area contributed by atoms with Gasteiger partial charge in [-0.25, -0.2) is 0 Å². The largest absolute Gasteiger partial charge is 0.457 e. The summed E-state index contributed by atoms with van der Waals surface area (Å²) >= 11 is 1.86. The second-order valence-electron chi connectivity index (χ2n) is 16.8. The maximum Gasteiger partial charge on any atom is 0.132 e. The first-order valence-electron chi connectivity index (χ1n) is 21.6. The Morgan fingerprint density at radius 1 is 0.397 bits per heavy atom. The number of benzene rings is 10. The molecule has 0 saturated carbocycles. The molecule has 2 aromatic heterocycles. The lowest BCUT2D eigenvalue weighted by Gasteiger charge is -2.45. The van der Waals surface area contributed by atoms with Crippen molar-refractivity contribution in [1.82, 2.24) is 4.57 Å². The van der Waals surface area contributed by atoms with Gasteiger partial charge in [-0.15, -0.1) is 11.3 Å². The van der Waals surface area contributed by atoms with Crippen LogP contribution in [-0.4, -0.2) is 4.57 Å². The Morgan fingerprint density at radius 3 is 1.83 bits per heavy atom. The van der Waals surface area contributed by atoms with Crippen LogP contribution in [0, 0.1) is 0 Å². The van der Waals surface area contributed by atoms with Crippen LogP contribution in [0.25, 0.3) is 69.6 Å². The number of nitrogens with zero attached hydrogens (tertiary/aromatic N) is 2. The van der Waals surface area contributed by atoms with Crippen molar-refractivity contribution in [3.63, 3.8) is 0 Å². The molecular weight excluding hydrogens is 785 g/mol. The Labute approximate surface area is 367 Å². The second-order valence-corrected chi connectivity index (χ2v) is 17.9. The van der Waals surface area contributed by atoms with Crippen LogP contribution in [0.15, 0.2) is 218 Å². The molecule has 4 heteroatoms. The fraction of sp³-hybridized carbons (Fsp3) is 0.0169. The van der Waals surface area contributed by atoms with Crippen LogP contribution in [0.1, 0.15) is 22.3 Å². The first-order valence-corrected chi connectivity index (χ1v) is 22.4. The average Bonchev–Trinajstić information content (AvgIpc) is 3.88. The number of hydrogen-bond acceptors (Lipinski definition) is 3. The maximum atomic E-state index is 6.79. The van der Waals surface area contributed by atoms with Crippen LogP contribution >= 0.6 is 11.3 Å². The summed E-state index contributed by atoms with van der Waals surface area (Å²) in [6.07, 6.45) is 0. The predicted octanol–water partition coefficient (Wildman–Crippen LogP) is 16.2. The van der Waals surface area contributed by atoms with Gasteiger partial charge in [-0.1, -0.05) is 133 Å². The van der Waals surface area contributed by atoms with E-state index >= 15 is 0 Å². The highest BCUT2D eigenvalue weighted by Gasteiger charge is 2.49. The van der Waals surface area contributed by atoms with Crippen LogP contribution in [0.4, 0.5) is 17.1 Å². The minimum Gasteiger partial charge on any atom is -0.457 e. The monoisotopic (exact) mass is 820 g/mol. The molecule has 0 radical (unpaired) electrons. The number of para-hydroxylation sites is 4. The molecule has 2 aliphatic rings. The van der Waals surface area contributed by atoms with Crippen molar-refractivity contribution in [2.45, 2.75) is 5.41 Å². The summed E-state index contributed by atoms with van der Waals surface area (Å²) in [6.45, 7) is 0. The van der Waals surface area contributed by atoms with E-state index in [0.717, 1.165) is 45.4 Å². The van der Waals surface area contributed by atoms with E-state index in [1.54, 1.807) is 0 Å². The number of thiophene rings is 1. The molecule has 0 saturated heterocycles. The lowest BCUT2D eigenvalue weighted by Crippen LogP contribution is -2.36. The van der Waals surface area contributed by atoms with Gasteiger partial charge in [-0.05, 0) is 118 Å². The SMILES string of the molecule is c1ccc(-n2c3ccccc3c3cc(N(c4ccc5c(c4)C4(c6ccccc6Oc6ccccc64)c4cccc6cccc-5c46)c4ccc5sc6ccccc6c5c4)ccc32)cc1. The standard InChI is InChI=1S/C59H36N2OS/c1-2-16-38(17-3-1)61-52-24-8-4-18-43(52)46-34-39(29-32-53(46)61)60(40-30-33-57-47(35-40)44-19-5-11-27-56(44)63-57)41-28-31-42-45-20-12-14-37-15-13-23-50(58(37)45)59(51(42)36-41)48-21-6-9-25-54(48)62-55-26-10-7-22-49(55)59/h1-36H. The van der Waals surface area contributed by atoms with E-state index in [1.807, 2.05) is 11.3 Å². The van der Waals surface area contributed by atoms with Gasteiger partial charge in [0, 0.05) is 64.8 Å². The lowest BCUT2D eigenvalue weighted by atomic mass is 9.58. The normalized spacial score (nSPS) is 13.3. The molecule has 0 unspecified atom stereocenters. The van der Waals surface area contributed by atoms with E-state index in [9.17, 15) is 0 Å². The Morgan fingerprint density at radius 2 is 1.00 bits per heavy atom. The molecule has 0 bridgehead atoms. The van der Waals surface area contributed by atoms with E-state index < -0.39 is 5.41 Å². The van der Waals surface area contributed by atoms with Crippen LogP contribution in [0.5, 0.6) is 11.5 Å². The molecule has 0 N–H and O–H groups in total. The molecule has 0 fully saturated rings. The van der Waals surface area contributed by atoms with E-state index in [-0.39, 0.29) is 0 Å². The summed E-state index contributed by atoms with van der Waals surface area (Å²) < 4.78 is 11.8. The van der Waals surface area contributed by atoms with E-state index in [2.05, 4.69) is 228 Å². The highest BCUT2D eigenvalue weighted by Crippen LogP contribution is 2.62. The van der Waals surface area contributed by atoms with Gasteiger partial charge in [0.1, 0.15) is 11.5 Å². The Hall–Kier alpha value is -7.92. The third-order valence-electron chi connectivity index (χ3n) is 13.6. The first kappa shape index (κ1) is 34.8. The van der Waals surface area contributed by atoms with Gasteiger partial charge in [0.25, 0.3) is 0 Å². The van der Waals surface area contributed by atoms with Gasteiger partial charge in [0.15, 0.2) is 0 Å². The van der Waals surface area contributed by atoms with Crippen molar-refractivity contribution in [2.75, 3.05) is 4.90 Å². The topological polar surface area (TPSA) is 17.4 Å². The van der Waals surface area contributed by atoms with Gasteiger partial charge >= 0.3 is 0 Å². The van der Waals surface area contributed by atoms with E-state index in [1.165, 1.54) is 75.0 Å². The van der Waals surface area contributed by atoms with Crippen molar-refractivity contribution in [3.8, 4) is 28.3 Å². The molecule has 63 heavy (non-hydrogen) atoms. The van der Waals surface area contributed by atoms with Crippen LogP contribution in [-0.2, 0) is 5.41 Å². The number of anilines is 3. The smallest absolute Gasteiger partial charge is 0.132 e. The molecule has 3 nitrogen and oxygen atoms in total. The minimum absolute atomic E-state index is 0.656. The van der Waals surface area contributed by atoms with Crippen molar-refractivity contribution < 1.29 is 4.74 Å². The molecule has 1 spiro atoms. The molecule has 0 amide bonds. The Balaban J connectivity index is 1.09. The average molecular weight is 821 g/mol. The zero-order valence-electron chi connectivity index (χ0n) is 34.0. The summed E-state index contributed by atoms with van der Waals surface area (Å²) in [5, 5.41) is 7.51.